The van der Waals surface area contributed by atoms with Crippen LogP contribution >= 0.6 is 11.8 Å². The number of ether oxygens (including phenoxy) is 3. The summed E-state index contributed by atoms with van der Waals surface area (Å²) in [5.41, 5.74) is 1.59. The zero-order valence-electron chi connectivity index (χ0n) is 18.7. The van der Waals surface area contributed by atoms with Gasteiger partial charge in [-0.15, -0.1) is 11.8 Å². The zero-order chi connectivity index (χ0) is 23.1. The quantitative estimate of drug-likeness (QED) is 0.447. The molecule has 4 N–H and O–H groups in total. The van der Waals surface area contributed by atoms with Crippen LogP contribution in [0.25, 0.3) is 0 Å². The number of hydrogen-bond donors (Lipinski definition) is 4. The monoisotopic (exact) mass is 477 g/mol. The van der Waals surface area contributed by atoms with E-state index >= 15 is 0 Å². The Labute approximate surface area is 197 Å². The topological polar surface area (TPSA) is 112 Å². The first-order valence-corrected chi connectivity index (χ1v) is 12.6. The van der Waals surface area contributed by atoms with Crippen molar-refractivity contribution >= 4 is 11.8 Å². The van der Waals surface area contributed by atoms with Crippen LogP contribution in [-0.4, -0.2) is 99.9 Å². The molecule has 0 amide bonds. The summed E-state index contributed by atoms with van der Waals surface area (Å²) < 4.78 is 18.2. The van der Waals surface area contributed by atoms with Crippen molar-refractivity contribution < 1.29 is 34.6 Å². The van der Waals surface area contributed by atoms with Gasteiger partial charge in [-0.3, -0.25) is 0 Å². The molecule has 1 aromatic carbocycles. The lowest BCUT2D eigenvalue weighted by Crippen LogP contribution is -2.65. The Hall–Kier alpha value is -1.33. The minimum absolute atomic E-state index is 0.144. The maximum absolute atomic E-state index is 10.6. The van der Waals surface area contributed by atoms with E-state index in [-0.39, 0.29) is 16.8 Å². The van der Waals surface area contributed by atoms with E-state index in [1.54, 1.807) is 7.11 Å². The van der Waals surface area contributed by atoms with E-state index in [0.717, 1.165) is 30.9 Å². The van der Waals surface area contributed by atoms with Crippen LogP contribution in [0.2, 0.25) is 0 Å². The van der Waals surface area contributed by atoms with Crippen molar-refractivity contribution in [2.75, 3.05) is 27.3 Å². The highest BCUT2D eigenvalue weighted by molar-refractivity contribution is 8.00. The van der Waals surface area contributed by atoms with E-state index in [2.05, 4.69) is 30.2 Å². The predicted octanol–water partition coefficient (Wildman–Crippen LogP) is 0.0419. The van der Waals surface area contributed by atoms with E-state index < -0.39 is 36.5 Å². The number of aliphatic hydroxyl groups excluding tert-OH is 4. The smallest absolute Gasteiger partial charge is 0.165 e. The fraction of sp³-hybridized carbons (Fsp3) is 0.667. The average molecular weight is 478 g/mol. The highest BCUT2D eigenvalue weighted by Crippen LogP contribution is 2.63. The first kappa shape index (κ1) is 22.2. The van der Waals surface area contributed by atoms with Crippen molar-refractivity contribution in [3.05, 3.63) is 35.4 Å². The fourth-order valence-electron chi connectivity index (χ4n) is 6.82. The summed E-state index contributed by atoms with van der Waals surface area (Å²) in [5.74, 6) is 1.88. The highest BCUT2D eigenvalue weighted by Gasteiger charge is 2.64. The summed E-state index contributed by atoms with van der Waals surface area (Å²) in [6.45, 7) is 0.539. The molecule has 5 aliphatic rings. The number of likely N-dealkylation sites (N-methyl/N-ethyl adjacent to an activating group) is 1. The number of thioether (sulfide) groups is 1. The minimum Gasteiger partial charge on any atom is -0.493 e. The van der Waals surface area contributed by atoms with Gasteiger partial charge in [0.1, 0.15) is 36.0 Å². The molecule has 33 heavy (non-hydrogen) atoms. The molecule has 0 radical (unpaired) electrons. The normalized spacial score (nSPS) is 45.5. The Morgan fingerprint density at radius 2 is 2.00 bits per heavy atom. The molecule has 180 valence electrons. The van der Waals surface area contributed by atoms with Crippen molar-refractivity contribution in [1.29, 1.82) is 0 Å². The molecule has 1 spiro atoms. The number of methoxy groups -OCH3 is 1. The van der Waals surface area contributed by atoms with Gasteiger partial charge in [-0.2, -0.15) is 0 Å². The number of nitrogens with zero attached hydrogens (tertiary/aromatic N) is 1. The van der Waals surface area contributed by atoms with Crippen LogP contribution in [-0.2, 0) is 16.6 Å². The van der Waals surface area contributed by atoms with Crippen LogP contribution in [0.5, 0.6) is 11.5 Å². The minimum atomic E-state index is -1.39. The van der Waals surface area contributed by atoms with E-state index in [9.17, 15) is 20.4 Å². The Morgan fingerprint density at radius 1 is 1.18 bits per heavy atom. The van der Waals surface area contributed by atoms with Crippen LogP contribution in [0.4, 0.5) is 0 Å². The number of hydrogen-bond acceptors (Lipinski definition) is 9. The third-order valence-corrected chi connectivity index (χ3v) is 9.85. The Balaban J connectivity index is 1.39. The van der Waals surface area contributed by atoms with Gasteiger partial charge in [0, 0.05) is 22.9 Å². The summed E-state index contributed by atoms with van der Waals surface area (Å²) in [7, 11) is 3.86. The molecule has 1 aromatic rings. The summed E-state index contributed by atoms with van der Waals surface area (Å²) in [6.07, 6.45) is 1.26. The van der Waals surface area contributed by atoms with Crippen molar-refractivity contribution in [2.24, 2.45) is 5.92 Å². The number of likely N-dealkylation sites (tertiary alicyclic amines) is 1. The Bertz CT molecular complexity index is 972. The lowest BCUT2D eigenvalue weighted by molar-refractivity contribution is -0.205. The summed E-state index contributed by atoms with van der Waals surface area (Å²) in [6, 6.07) is 4.56. The molecule has 0 saturated carbocycles. The standard InChI is InChI=1S/C24H31NO7S/c1-25-8-7-24-12-4-6-16(33-23-20(29)19(28)18(27)15(10-26)31-23)22(24)32-21-14(30-2)5-3-11(17(21)24)9-13(12)25/h3-6,12-13,15-16,18-20,22-23,26-29H,7-10H2,1-2H3/t12?,13-,15-,16-,18-,19+,20-,22+,23?,24+/m1/s1. The fourth-order valence-corrected chi connectivity index (χ4v) is 8.28. The van der Waals surface area contributed by atoms with Crippen LogP contribution < -0.4 is 9.47 Å². The van der Waals surface area contributed by atoms with E-state index in [1.807, 2.05) is 6.07 Å². The third kappa shape index (κ3) is 2.94. The molecular weight excluding hydrogens is 446 g/mol. The first-order valence-electron chi connectivity index (χ1n) is 11.6. The lowest BCUT2D eigenvalue weighted by atomic mass is 9.53. The molecule has 9 heteroatoms. The second kappa shape index (κ2) is 7.84. The Kier molecular flexibility index (Phi) is 5.27. The molecule has 10 atom stereocenters. The third-order valence-electron chi connectivity index (χ3n) is 8.47. The van der Waals surface area contributed by atoms with Gasteiger partial charge in [0.25, 0.3) is 0 Å². The van der Waals surface area contributed by atoms with Crippen molar-refractivity contribution in [1.82, 2.24) is 4.90 Å². The number of benzene rings is 1. The van der Waals surface area contributed by atoms with E-state index in [4.69, 9.17) is 14.2 Å². The molecule has 2 fully saturated rings. The summed E-state index contributed by atoms with van der Waals surface area (Å²) in [4.78, 5) is 2.45. The first-order chi connectivity index (χ1) is 15.9. The molecule has 6 rings (SSSR count). The summed E-state index contributed by atoms with van der Waals surface area (Å²) in [5, 5.41) is 40.5. The van der Waals surface area contributed by atoms with Gasteiger partial charge in [-0.05, 0) is 38.1 Å². The second-order valence-corrected chi connectivity index (χ2v) is 11.2. The lowest BCUT2D eigenvalue weighted by Gasteiger charge is -2.57. The number of aliphatic hydroxyl groups is 4. The Morgan fingerprint density at radius 3 is 2.76 bits per heavy atom. The highest BCUT2D eigenvalue weighted by atomic mass is 32.2. The maximum atomic E-state index is 10.6. The van der Waals surface area contributed by atoms with Gasteiger partial charge in [-0.1, -0.05) is 18.2 Å². The van der Waals surface area contributed by atoms with Gasteiger partial charge < -0.3 is 39.5 Å². The van der Waals surface area contributed by atoms with Crippen LogP contribution in [0.3, 0.4) is 0 Å². The maximum Gasteiger partial charge on any atom is 0.165 e. The molecule has 2 aliphatic carbocycles. The number of rotatable bonds is 4. The molecule has 3 aliphatic heterocycles. The van der Waals surface area contributed by atoms with Crippen LogP contribution in [0.15, 0.2) is 24.3 Å². The summed E-state index contributed by atoms with van der Waals surface area (Å²) >= 11 is 1.39. The molecule has 3 heterocycles. The second-order valence-electron chi connectivity index (χ2n) is 9.92. The molecule has 2 saturated heterocycles. The molecule has 2 bridgehead atoms. The molecular formula is C24H31NO7S. The van der Waals surface area contributed by atoms with Crippen molar-refractivity contribution in [3.8, 4) is 11.5 Å². The average Bonchev–Trinajstić information content (AvgIpc) is 3.17. The molecule has 8 nitrogen and oxygen atoms in total. The van der Waals surface area contributed by atoms with Crippen LogP contribution in [0.1, 0.15) is 17.5 Å². The van der Waals surface area contributed by atoms with Gasteiger partial charge in [0.05, 0.1) is 19.0 Å². The zero-order valence-corrected chi connectivity index (χ0v) is 19.5. The molecule has 0 aromatic heterocycles. The van der Waals surface area contributed by atoms with Gasteiger partial charge >= 0.3 is 0 Å². The largest absolute Gasteiger partial charge is 0.493 e. The predicted molar refractivity (Wildman–Crippen MR) is 122 cm³/mol. The van der Waals surface area contributed by atoms with Crippen molar-refractivity contribution in [2.45, 2.75) is 65.5 Å². The van der Waals surface area contributed by atoms with Crippen molar-refractivity contribution in [3.63, 3.8) is 0 Å². The SMILES string of the molecule is COc1ccc2c3c1O[C@H]1[C@H](SC4O[C@H](CO)[C@@H](O)[C@H](O)[C@H]4O)C=CC4[C@@H](C2)N(C)CC[C@@]341. The van der Waals surface area contributed by atoms with Crippen LogP contribution in [0, 0.1) is 5.92 Å². The van der Waals surface area contributed by atoms with Gasteiger partial charge in [0.15, 0.2) is 11.5 Å². The molecule has 2 unspecified atom stereocenters. The van der Waals surface area contributed by atoms with E-state index in [0.29, 0.717) is 12.0 Å². The van der Waals surface area contributed by atoms with Gasteiger partial charge in [-0.25, -0.2) is 0 Å². The number of piperidine rings is 1. The van der Waals surface area contributed by atoms with E-state index in [1.165, 1.54) is 22.9 Å². The van der Waals surface area contributed by atoms with Gasteiger partial charge in [0.2, 0.25) is 0 Å².